The van der Waals surface area contributed by atoms with Crippen molar-refractivity contribution in [3.05, 3.63) is 30.1 Å². The zero-order chi connectivity index (χ0) is 6.69. The molecule has 0 unspecified atom stereocenters. The summed E-state index contributed by atoms with van der Waals surface area (Å²) in [6, 6.07) is 5.63. The minimum Gasteiger partial charge on any atom is -0.429 e. The molecule has 1 nitrogen and oxygen atoms in total. The highest BCUT2D eigenvalue weighted by Crippen LogP contribution is 2.11. The van der Waals surface area contributed by atoms with Crippen LogP contribution in [0.25, 0.3) is 0 Å². The number of hydrogen-bond acceptors (Lipinski definition) is 2. The maximum atomic E-state index is 12.1. The lowest BCUT2D eigenvalue weighted by atomic mass is 10.3. The second kappa shape index (κ2) is 2.73. The summed E-state index contributed by atoms with van der Waals surface area (Å²) in [4.78, 5) is 0. The highest BCUT2D eigenvalue weighted by atomic mass is 32.1. The van der Waals surface area contributed by atoms with Crippen molar-refractivity contribution in [2.75, 3.05) is 0 Å². The van der Waals surface area contributed by atoms with Gasteiger partial charge in [-0.1, -0.05) is 0 Å². The molecular weight excluding hydrogens is 139 g/mol. The number of benzene rings is 1. The molecule has 3 heteroatoms. The van der Waals surface area contributed by atoms with Crippen LogP contribution in [0, 0.1) is 5.82 Å². The van der Waals surface area contributed by atoms with Crippen LogP contribution in [-0.2, 0) is 0 Å². The summed E-state index contributed by atoms with van der Waals surface area (Å²) < 4.78 is 16.6. The van der Waals surface area contributed by atoms with Crippen molar-refractivity contribution < 1.29 is 8.57 Å². The Labute approximate surface area is 58.1 Å². The molecule has 0 aromatic heterocycles. The van der Waals surface area contributed by atoms with Gasteiger partial charge in [0.05, 0.1) is 0 Å². The summed E-state index contributed by atoms with van der Waals surface area (Å²) in [5.41, 5.74) is 0. The molecule has 0 radical (unpaired) electrons. The molecule has 0 aliphatic rings. The maximum absolute atomic E-state index is 12.1. The lowest BCUT2D eigenvalue weighted by molar-refractivity contribution is 0.616. The fourth-order valence-corrected chi connectivity index (χ4v) is 0.617. The Kier molecular flexibility index (Phi) is 1.95. The number of thiol groups is 1. The van der Waals surface area contributed by atoms with E-state index in [0.29, 0.717) is 5.75 Å². The first-order valence-corrected chi connectivity index (χ1v) is 2.76. The third-order valence-electron chi connectivity index (χ3n) is 0.919. The van der Waals surface area contributed by atoms with Gasteiger partial charge in [0, 0.05) is 12.9 Å². The van der Waals surface area contributed by atoms with Crippen molar-refractivity contribution >= 4 is 12.9 Å². The van der Waals surface area contributed by atoms with Crippen molar-refractivity contribution in [2.45, 2.75) is 0 Å². The molecular formula is C6H5FOS. The van der Waals surface area contributed by atoms with E-state index in [0.717, 1.165) is 0 Å². The monoisotopic (exact) mass is 144 g/mol. The van der Waals surface area contributed by atoms with E-state index in [1.165, 1.54) is 24.3 Å². The molecule has 0 aliphatic heterocycles. The number of hydrogen-bond donors (Lipinski definition) is 1. The van der Waals surface area contributed by atoms with Crippen LogP contribution in [0.3, 0.4) is 0 Å². The quantitative estimate of drug-likeness (QED) is 0.468. The Morgan fingerprint density at radius 2 is 1.78 bits per heavy atom. The molecule has 0 heterocycles. The third-order valence-corrected chi connectivity index (χ3v) is 1.13. The second-order valence-corrected chi connectivity index (χ2v) is 1.73. The summed E-state index contributed by atoms with van der Waals surface area (Å²) in [7, 11) is 0. The third kappa shape index (κ3) is 1.61. The fraction of sp³-hybridized carbons (Fsp3) is 0. The van der Waals surface area contributed by atoms with Gasteiger partial charge in [0.1, 0.15) is 11.6 Å². The topological polar surface area (TPSA) is 9.23 Å². The highest BCUT2D eigenvalue weighted by Gasteiger charge is 1.89. The van der Waals surface area contributed by atoms with Gasteiger partial charge in [-0.05, 0) is 24.3 Å². The Morgan fingerprint density at radius 3 is 2.22 bits per heavy atom. The standard InChI is InChI=1S/C6H5FOS/c7-5-1-3-6(8-9)4-2-5/h1-4,9H. The summed E-state index contributed by atoms with van der Waals surface area (Å²) in [6.45, 7) is 0. The molecule has 48 valence electrons. The van der Waals surface area contributed by atoms with Crippen molar-refractivity contribution in [3.63, 3.8) is 0 Å². The lowest BCUT2D eigenvalue weighted by Gasteiger charge is -1.93. The van der Waals surface area contributed by atoms with Gasteiger partial charge < -0.3 is 4.18 Å². The molecule has 1 aromatic rings. The Bertz CT molecular complexity index is 185. The van der Waals surface area contributed by atoms with E-state index in [9.17, 15) is 4.39 Å². The maximum Gasteiger partial charge on any atom is 0.137 e. The average molecular weight is 144 g/mol. The van der Waals surface area contributed by atoms with E-state index in [2.05, 4.69) is 17.1 Å². The molecule has 1 aromatic carbocycles. The van der Waals surface area contributed by atoms with Crippen LogP contribution in [0.15, 0.2) is 24.3 Å². The predicted molar refractivity (Wildman–Crippen MR) is 36.0 cm³/mol. The van der Waals surface area contributed by atoms with Crippen molar-refractivity contribution in [1.29, 1.82) is 0 Å². The minimum absolute atomic E-state index is 0.274. The first kappa shape index (κ1) is 6.42. The van der Waals surface area contributed by atoms with Crippen molar-refractivity contribution in [1.82, 2.24) is 0 Å². The molecule has 0 aliphatic carbocycles. The number of halogens is 1. The lowest BCUT2D eigenvalue weighted by Crippen LogP contribution is -1.74. The summed E-state index contributed by atoms with van der Waals surface area (Å²) in [5.74, 6) is 0.267. The van der Waals surface area contributed by atoms with E-state index in [1.54, 1.807) is 0 Å². The van der Waals surface area contributed by atoms with Crippen LogP contribution >= 0.6 is 12.9 Å². The highest BCUT2D eigenvalue weighted by molar-refractivity contribution is 7.75. The van der Waals surface area contributed by atoms with Gasteiger partial charge in [-0.3, -0.25) is 0 Å². The summed E-state index contributed by atoms with van der Waals surface area (Å²) >= 11 is 3.52. The van der Waals surface area contributed by atoms with E-state index in [-0.39, 0.29) is 5.82 Å². The van der Waals surface area contributed by atoms with Gasteiger partial charge in [0.2, 0.25) is 0 Å². The summed E-state index contributed by atoms with van der Waals surface area (Å²) in [5, 5.41) is 0. The Morgan fingerprint density at radius 1 is 1.22 bits per heavy atom. The van der Waals surface area contributed by atoms with Crippen LogP contribution in [0.5, 0.6) is 5.75 Å². The van der Waals surface area contributed by atoms with Crippen molar-refractivity contribution in [2.24, 2.45) is 0 Å². The SMILES string of the molecule is Fc1ccc(OS)cc1. The molecule has 0 spiro atoms. The normalized spacial score (nSPS) is 9.11. The van der Waals surface area contributed by atoms with Gasteiger partial charge in [0.15, 0.2) is 0 Å². The number of rotatable bonds is 1. The van der Waals surface area contributed by atoms with E-state index >= 15 is 0 Å². The molecule has 0 fully saturated rings. The zero-order valence-corrected chi connectivity index (χ0v) is 5.44. The van der Waals surface area contributed by atoms with Crippen LogP contribution < -0.4 is 4.18 Å². The molecule has 0 atom stereocenters. The molecule has 0 saturated heterocycles. The fourth-order valence-electron chi connectivity index (χ4n) is 0.495. The predicted octanol–water partition coefficient (Wildman–Crippen LogP) is 2.05. The van der Waals surface area contributed by atoms with E-state index in [4.69, 9.17) is 0 Å². The van der Waals surface area contributed by atoms with Gasteiger partial charge in [-0.2, -0.15) is 0 Å². The van der Waals surface area contributed by atoms with E-state index in [1.807, 2.05) is 0 Å². The largest absolute Gasteiger partial charge is 0.429 e. The molecule has 0 amide bonds. The van der Waals surface area contributed by atoms with Crippen LogP contribution in [0.2, 0.25) is 0 Å². The first-order chi connectivity index (χ1) is 4.33. The molecule has 0 bridgehead atoms. The first-order valence-electron chi connectivity index (χ1n) is 2.40. The Hall–Kier alpha value is -0.700. The van der Waals surface area contributed by atoms with Gasteiger partial charge in [0.25, 0.3) is 0 Å². The summed E-state index contributed by atoms with van der Waals surface area (Å²) in [6.07, 6.45) is 0. The average Bonchev–Trinajstić information content (AvgIpc) is 1.90. The smallest absolute Gasteiger partial charge is 0.137 e. The van der Waals surface area contributed by atoms with Crippen LogP contribution in [0.4, 0.5) is 4.39 Å². The minimum atomic E-state index is -0.274. The molecule has 0 saturated carbocycles. The van der Waals surface area contributed by atoms with E-state index < -0.39 is 0 Å². The van der Waals surface area contributed by atoms with Crippen LogP contribution in [-0.4, -0.2) is 0 Å². The zero-order valence-electron chi connectivity index (χ0n) is 4.54. The second-order valence-electron chi connectivity index (χ2n) is 1.55. The molecule has 9 heavy (non-hydrogen) atoms. The van der Waals surface area contributed by atoms with Gasteiger partial charge >= 0.3 is 0 Å². The Balaban J connectivity index is 2.88. The van der Waals surface area contributed by atoms with Crippen LogP contribution in [0.1, 0.15) is 0 Å². The van der Waals surface area contributed by atoms with Crippen molar-refractivity contribution in [3.8, 4) is 5.75 Å². The van der Waals surface area contributed by atoms with Gasteiger partial charge in [-0.25, -0.2) is 4.39 Å². The molecule has 0 N–H and O–H groups in total. The van der Waals surface area contributed by atoms with Gasteiger partial charge in [-0.15, -0.1) is 0 Å². The molecule has 1 rings (SSSR count).